The van der Waals surface area contributed by atoms with Crippen molar-refractivity contribution in [2.45, 2.75) is 20.0 Å². The van der Waals surface area contributed by atoms with Crippen LogP contribution in [0.4, 0.5) is 10.1 Å². The van der Waals surface area contributed by atoms with Gasteiger partial charge in [0.05, 0.1) is 37.6 Å². The summed E-state index contributed by atoms with van der Waals surface area (Å²) in [5.41, 5.74) is 2.78. The van der Waals surface area contributed by atoms with Gasteiger partial charge in [0.2, 0.25) is 5.91 Å². The van der Waals surface area contributed by atoms with Crippen molar-refractivity contribution >= 4 is 25.3 Å². The standard InChI is InChI=1S/C23H25FN3O4P/c1-3-30-32(29,31-4-2)16-18-5-9-20(10-6-18)26-23(28)14-13-22-15-25-17-27(22)21-11-7-19(24)8-12-21/h5-15,17H,3-4,16H2,1-2H3,(H,26,28)/b14-13+. The van der Waals surface area contributed by atoms with Crippen LogP contribution in [0.5, 0.6) is 0 Å². The molecule has 3 aromatic rings. The highest BCUT2D eigenvalue weighted by atomic mass is 31.2. The van der Waals surface area contributed by atoms with Crippen LogP contribution in [-0.2, 0) is 24.6 Å². The van der Waals surface area contributed by atoms with Gasteiger partial charge in [-0.1, -0.05) is 12.1 Å². The zero-order chi connectivity index (χ0) is 23.0. The fraction of sp³-hybridized carbons (Fsp3) is 0.217. The maximum Gasteiger partial charge on any atom is 0.335 e. The van der Waals surface area contributed by atoms with Gasteiger partial charge in [0.15, 0.2) is 0 Å². The van der Waals surface area contributed by atoms with Crippen molar-refractivity contribution in [2.24, 2.45) is 0 Å². The number of carbonyl (C=O) groups is 1. The minimum atomic E-state index is -3.18. The van der Waals surface area contributed by atoms with Crippen LogP contribution in [0.2, 0.25) is 0 Å². The number of anilines is 1. The molecule has 1 heterocycles. The molecule has 1 aromatic heterocycles. The summed E-state index contributed by atoms with van der Waals surface area (Å²) in [5.74, 6) is -0.645. The molecule has 0 aliphatic rings. The van der Waals surface area contributed by atoms with E-state index in [2.05, 4.69) is 10.3 Å². The maximum absolute atomic E-state index is 13.1. The summed E-state index contributed by atoms with van der Waals surface area (Å²) in [6.45, 7) is 4.14. The number of halogens is 1. The summed E-state index contributed by atoms with van der Waals surface area (Å²) in [4.78, 5) is 16.4. The Morgan fingerprint density at radius 3 is 2.38 bits per heavy atom. The lowest BCUT2D eigenvalue weighted by Gasteiger charge is -2.17. The van der Waals surface area contributed by atoms with Gasteiger partial charge in [0.1, 0.15) is 5.82 Å². The summed E-state index contributed by atoms with van der Waals surface area (Å²) in [7, 11) is -3.18. The van der Waals surface area contributed by atoms with E-state index in [1.54, 1.807) is 73.4 Å². The molecule has 2 aromatic carbocycles. The normalized spacial score (nSPS) is 11.7. The van der Waals surface area contributed by atoms with Crippen molar-refractivity contribution in [2.75, 3.05) is 18.5 Å². The summed E-state index contributed by atoms with van der Waals surface area (Å²) in [6.07, 6.45) is 6.38. The minimum Gasteiger partial charge on any atom is -0.323 e. The van der Waals surface area contributed by atoms with E-state index in [4.69, 9.17) is 9.05 Å². The number of amides is 1. The fourth-order valence-electron chi connectivity index (χ4n) is 3.03. The first kappa shape index (κ1) is 23.6. The second kappa shape index (κ2) is 11.0. The Hall–Kier alpha value is -3.06. The number of benzene rings is 2. The molecular formula is C23H25FN3O4P. The fourth-order valence-corrected chi connectivity index (χ4v) is 4.73. The largest absolute Gasteiger partial charge is 0.335 e. The monoisotopic (exact) mass is 457 g/mol. The number of nitrogens with zero attached hydrogens (tertiary/aromatic N) is 2. The maximum atomic E-state index is 13.1. The second-order valence-corrected chi connectivity index (χ2v) is 8.84. The molecule has 0 aliphatic heterocycles. The smallest absolute Gasteiger partial charge is 0.323 e. The molecule has 7 nitrogen and oxygen atoms in total. The molecule has 0 unspecified atom stereocenters. The SMILES string of the molecule is CCOP(=O)(Cc1ccc(NC(=O)/C=C/c2cncn2-c2ccc(F)cc2)cc1)OCC. The van der Waals surface area contributed by atoms with Crippen LogP contribution in [0.25, 0.3) is 11.8 Å². The van der Waals surface area contributed by atoms with E-state index < -0.39 is 7.60 Å². The molecule has 0 fully saturated rings. The van der Waals surface area contributed by atoms with Crippen molar-refractivity contribution in [1.29, 1.82) is 0 Å². The van der Waals surface area contributed by atoms with E-state index in [0.29, 0.717) is 24.6 Å². The molecule has 1 N–H and O–H groups in total. The first-order valence-electron chi connectivity index (χ1n) is 10.2. The van der Waals surface area contributed by atoms with Gasteiger partial charge in [0.25, 0.3) is 0 Å². The third-order valence-corrected chi connectivity index (χ3v) is 6.48. The van der Waals surface area contributed by atoms with Gasteiger partial charge in [0, 0.05) is 17.5 Å². The third kappa shape index (κ3) is 6.47. The molecule has 0 atom stereocenters. The average Bonchev–Trinajstić information content (AvgIpc) is 3.23. The molecule has 0 radical (unpaired) electrons. The molecule has 0 saturated heterocycles. The number of aromatic nitrogens is 2. The lowest BCUT2D eigenvalue weighted by Crippen LogP contribution is -2.08. The van der Waals surface area contributed by atoms with Gasteiger partial charge in [-0.05, 0) is 61.9 Å². The van der Waals surface area contributed by atoms with Crippen LogP contribution in [0.3, 0.4) is 0 Å². The number of carbonyl (C=O) groups excluding carboxylic acids is 1. The van der Waals surface area contributed by atoms with Crippen molar-refractivity contribution in [3.63, 3.8) is 0 Å². The summed E-state index contributed by atoms with van der Waals surface area (Å²) < 4.78 is 38.2. The first-order chi connectivity index (χ1) is 15.4. The molecule has 168 valence electrons. The zero-order valence-corrected chi connectivity index (χ0v) is 18.8. The Morgan fingerprint density at radius 1 is 1.09 bits per heavy atom. The topological polar surface area (TPSA) is 82.5 Å². The Labute approximate surface area is 186 Å². The number of hydrogen-bond acceptors (Lipinski definition) is 5. The van der Waals surface area contributed by atoms with Crippen LogP contribution >= 0.6 is 7.60 Å². The van der Waals surface area contributed by atoms with Crippen LogP contribution in [0.15, 0.2) is 67.1 Å². The predicted molar refractivity (Wildman–Crippen MR) is 122 cm³/mol. The number of imidazole rings is 1. The van der Waals surface area contributed by atoms with Crippen molar-refractivity contribution < 1.29 is 22.8 Å². The molecule has 0 saturated carbocycles. The molecule has 32 heavy (non-hydrogen) atoms. The van der Waals surface area contributed by atoms with E-state index in [1.165, 1.54) is 18.2 Å². The number of hydrogen-bond donors (Lipinski definition) is 1. The summed E-state index contributed by atoms with van der Waals surface area (Å²) in [6, 6.07) is 13.0. The molecule has 3 rings (SSSR count). The number of nitrogens with one attached hydrogen (secondary N) is 1. The Bertz CT molecular complexity index is 1100. The van der Waals surface area contributed by atoms with Crippen LogP contribution in [0, 0.1) is 5.82 Å². The summed E-state index contributed by atoms with van der Waals surface area (Å²) >= 11 is 0. The van der Waals surface area contributed by atoms with Gasteiger partial charge in [-0.3, -0.25) is 13.9 Å². The first-order valence-corrected chi connectivity index (χ1v) is 11.9. The van der Waals surface area contributed by atoms with Crippen molar-refractivity contribution in [3.8, 4) is 5.69 Å². The Morgan fingerprint density at radius 2 is 1.75 bits per heavy atom. The average molecular weight is 457 g/mol. The third-order valence-electron chi connectivity index (χ3n) is 4.43. The van der Waals surface area contributed by atoms with Gasteiger partial charge in [-0.15, -0.1) is 0 Å². The molecule has 0 aliphatic carbocycles. The predicted octanol–water partition coefficient (Wildman–Crippen LogP) is 5.43. The van der Waals surface area contributed by atoms with Crippen molar-refractivity contribution in [3.05, 3.63) is 84.2 Å². The molecule has 0 bridgehead atoms. The molecule has 0 spiro atoms. The van der Waals surface area contributed by atoms with Gasteiger partial charge in [-0.25, -0.2) is 9.37 Å². The van der Waals surface area contributed by atoms with E-state index in [1.807, 2.05) is 0 Å². The highest BCUT2D eigenvalue weighted by molar-refractivity contribution is 7.53. The highest BCUT2D eigenvalue weighted by Gasteiger charge is 2.23. The number of rotatable bonds is 10. The van der Waals surface area contributed by atoms with E-state index in [0.717, 1.165) is 11.3 Å². The quantitative estimate of drug-likeness (QED) is 0.324. The Kier molecular flexibility index (Phi) is 8.11. The van der Waals surface area contributed by atoms with Gasteiger partial charge >= 0.3 is 7.60 Å². The lowest BCUT2D eigenvalue weighted by molar-refractivity contribution is -0.111. The van der Waals surface area contributed by atoms with E-state index in [9.17, 15) is 13.8 Å². The van der Waals surface area contributed by atoms with Gasteiger partial charge < -0.3 is 14.4 Å². The lowest BCUT2D eigenvalue weighted by atomic mass is 10.2. The van der Waals surface area contributed by atoms with Gasteiger partial charge in [-0.2, -0.15) is 0 Å². The van der Waals surface area contributed by atoms with Crippen LogP contribution in [0.1, 0.15) is 25.1 Å². The van der Waals surface area contributed by atoms with Crippen molar-refractivity contribution in [1.82, 2.24) is 9.55 Å². The minimum absolute atomic E-state index is 0.163. The summed E-state index contributed by atoms with van der Waals surface area (Å²) in [5, 5.41) is 2.77. The van der Waals surface area contributed by atoms with Crippen LogP contribution in [-0.4, -0.2) is 28.7 Å². The highest BCUT2D eigenvalue weighted by Crippen LogP contribution is 2.51. The van der Waals surface area contributed by atoms with E-state index in [-0.39, 0.29) is 17.9 Å². The molecule has 9 heteroatoms. The Balaban J connectivity index is 1.62. The van der Waals surface area contributed by atoms with Crippen LogP contribution < -0.4 is 5.32 Å². The van der Waals surface area contributed by atoms with E-state index >= 15 is 0 Å². The molecule has 1 amide bonds. The second-order valence-electron chi connectivity index (χ2n) is 6.79. The zero-order valence-electron chi connectivity index (χ0n) is 17.9. The molecular weight excluding hydrogens is 432 g/mol.